The number of hydrogen-bond donors (Lipinski definition) is 0. The maximum absolute atomic E-state index is 9.85. The molecule has 7 heavy (non-hydrogen) atoms. The highest BCUT2D eigenvalue weighted by molar-refractivity contribution is 6.12. The zero-order valence-corrected chi connectivity index (χ0v) is 4.04. The average molecular weight is 120 g/mol. The fraction of sp³-hybridized carbons (Fsp3) is 0. The highest BCUT2D eigenvalue weighted by Crippen LogP contribution is 1.64. The lowest BCUT2D eigenvalue weighted by Gasteiger charge is -1.46. The number of hydrogen-bond acceptors (Lipinski definition) is 5. The lowest BCUT2D eigenvalue weighted by atomic mass is 11.6. The SMILES string of the molecule is O=c1oo[si](=O)o1. The van der Waals surface area contributed by atoms with Crippen molar-refractivity contribution in [3.8, 4) is 0 Å². The molecule has 0 saturated carbocycles. The number of rotatable bonds is 0. The van der Waals surface area contributed by atoms with Gasteiger partial charge in [0.05, 0.1) is 0 Å². The van der Waals surface area contributed by atoms with Crippen molar-refractivity contribution in [2.45, 2.75) is 0 Å². The maximum atomic E-state index is 9.85. The molecule has 1 aromatic heterocycles. The Balaban J connectivity index is 3.59. The van der Waals surface area contributed by atoms with Gasteiger partial charge in [0.2, 0.25) is 0 Å². The molecule has 0 spiro atoms. The van der Waals surface area contributed by atoms with Gasteiger partial charge in [0, 0.05) is 0 Å². The average Bonchev–Trinajstić information content (AvgIpc) is 1.87. The second-order valence-corrected chi connectivity index (χ2v) is 1.64. The Labute approximate surface area is 37.9 Å². The lowest BCUT2D eigenvalue weighted by molar-refractivity contribution is 0.0705. The zero-order chi connectivity index (χ0) is 5.28. The first kappa shape index (κ1) is 4.25. The molecule has 0 aliphatic carbocycles. The third-order valence-corrected chi connectivity index (χ3v) is 0.897. The van der Waals surface area contributed by atoms with Gasteiger partial charge < -0.3 is 4.10 Å². The molecule has 0 N–H and O–H groups in total. The fourth-order valence-corrected chi connectivity index (χ4v) is 0.510. The van der Waals surface area contributed by atoms with Crippen LogP contribution >= 0.6 is 0 Å². The minimum Gasteiger partial charge on any atom is -0.393 e. The molecule has 0 atom stereocenters. The second-order valence-electron chi connectivity index (χ2n) is 0.769. The van der Waals surface area contributed by atoms with Gasteiger partial charge in [0.1, 0.15) is 0 Å². The van der Waals surface area contributed by atoms with Crippen LogP contribution in [0.15, 0.2) is 17.7 Å². The van der Waals surface area contributed by atoms with Crippen molar-refractivity contribution < 1.29 is 17.4 Å². The van der Waals surface area contributed by atoms with Crippen LogP contribution in [0.1, 0.15) is 0 Å². The van der Waals surface area contributed by atoms with Gasteiger partial charge in [-0.15, -0.1) is 0 Å². The first-order valence-corrected chi connectivity index (χ1v) is 2.62. The molecule has 1 aromatic rings. The fourth-order valence-electron chi connectivity index (χ4n) is 0.170. The molecule has 0 aromatic carbocycles. The molecule has 0 aliphatic rings. The van der Waals surface area contributed by atoms with Crippen LogP contribution in [0.25, 0.3) is 0 Å². The van der Waals surface area contributed by atoms with Gasteiger partial charge >= 0.3 is 14.6 Å². The summed E-state index contributed by atoms with van der Waals surface area (Å²) >= 11 is 0. The van der Waals surface area contributed by atoms with Crippen molar-refractivity contribution in [1.82, 2.24) is 0 Å². The molecule has 0 saturated heterocycles. The molecule has 1 rings (SSSR count). The molecule has 0 amide bonds. The van der Waals surface area contributed by atoms with E-state index < -0.39 is 14.6 Å². The summed E-state index contributed by atoms with van der Waals surface area (Å²) in [5, 5.41) is 0. The summed E-state index contributed by atoms with van der Waals surface area (Å²) < 4.78 is 21.0. The van der Waals surface area contributed by atoms with Crippen LogP contribution < -0.4 is 5.82 Å². The van der Waals surface area contributed by atoms with E-state index in [0.717, 1.165) is 0 Å². The van der Waals surface area contributed by atoms with E-state index >= 15 is 0 Å². The topological polar surface area (TPSA) is 73.6 Å². The Morgan fingerprint density at radius 3 is 2.43 bits per heavy atom. The summed E-state index contributed by atoms with van der Waals surface area (Å²) in [5.74, 6) is -1.04. The second kappa shape index (κ2) is 1.30. The first-order chi connectivity index (χ1) is 3.29. The van der Waals surface area contributed by atoms with Gasteiger partial charge in [0.25, 0.3) is 0 Å². The molecule has 5 nitrogen and oxygen atoms in total. The van der Waals surface area contributed by atoms with Gasteiger partial charge in [0.15, 0.2) is 0 Å². The molecule has 0 bridgehead atoms. The molecule has 0 fully saturated rings. The molecule has 1 heterocycles. The van der Waals surface area contributed by atoms with Gasteiger partial charge in [-0.2, -0.15) is 0 Å². The van der Waals surface area contributed by atoms with Gasteiger partial charge in [-0.05, 0) is 0 Å². The summed E-state index contributed by atoms with van der Waals surface area (Å²) in [6, 6.07) is 0. The Morgan fingerprint density at radius 2 is 2.29 bits per heavy atom. The molecular weight excluding hydrogens is 120 g/mol. The van der Waals surface area contributed by atoms with Crippen molar-refractivity contribution in [1.29, 1.82) is 0 Å². The highest BCUT2D eigenvalue weighted by Gasteiger charge is 1.97. The van der Waals surface area contributed by atoms with Gasteiger partial charge in [-0.3, -0.25) is 8.72 Å². The smallest absolute Gasteiger partial charge is 0.393 e. The molecule has 6 heteroatoms. The standard InChI is InChI=1S/CO5Si/c2-1-4-6-7(3)5-1. The highest BCUT2D eigenvalue weighted by atomic mass is 28.2. The third kappa shape index (κ3) is 0.741. The van der Waals surface area contributed by atoms with Gasteiger partial charge in [-0.25, -0.2) is 9.37 Å². The predicted octanol–water partition coefficient (Wildman–Crippen LogP) is -0.674. The van der Waals surface area contributed by atoms with E-state index in [-0.39, 0.29) is 0 Å². The van der Waals surface area contributed by atoms with E-state index in [1.54, 1.807) is 0 Å². The minimum atomic E-state index is -2.63. The van der Waals surface area contributed by atoms with Crippen LogP contribution in [-0.4, -0.2) is 8.80 Å². The Kier molecular flexibility index (Phi) is 0.789. The summed E-state index contributed by atoms with van der Waals surface area (Å²) in [7, 11) is -2.63. The monoisotopic (exact) mass is 120 g/mol. The maximum Gasteiger partial charge on any atom is 0.821 e. The predicted molar refractivity (Wildman–Crippen MR) is 16.0 cm³/mol. The van der Waals surface area contributed by atoms with Crippen LogP contribution in [0.5, 0.6) is 0 Å². The van der Waals surface area contributed by atoms with Crippen LogP contribution in [0, 0.1) is 0 Å². The van der Waals surface area contributed by atoms with Crippen molar-refractivity contribution in [2.24, 2.45) is 0 Å². The molecule has 0 unspecified atom stereocenters. The first-order valence-electron chi connectivity index (χ1n) is 1.39. The van der Waals surface area contributed by atoms with E-state index in [1.165, 1.54) is 0 Å². The van der Waals surface area contributed by atoms with E-state index in [4.69, 9.17) is 0 Å². The summed E-state index contributed by atoms with van der Waals surface area (Å²) in [5.41, 5.74) is 0. The summed E-state index contributed by atoms with van der Waals surface area (Å²) in [6.07, 6.45) is 0. The zero-order valence-electron chi connectivity index (χ0n) is 3.04. The van der Waals surface area contributed by atoms with Crippen molar-refractivity contribution in [3.63, 3.8) is 0 Å². The quantitative estimate of drug-likeness (QED) is 0.335. The van der Waals surface area contributed by atoms with E-state index in [0.29, 0.717) is 0 Å². The molecule has 0 aliphatic heterocycles. The Hall–Kier alpha value is -0.913. The third-order valence-electron chi connectivity index (χ3n) is 0.344. The molecule has 0 radical (unpaired) electrons. The molecular formula is CO5Si. The summed E-state index contributed by atoms with van der Waals surface area (Å²) in [6.45, 7) is 0. The Bertz CT molecular complexity index is 212. The van der Waals surface area contributed by atoms with Crippen molar-refractivity contribution >= 4 is 8.80 Å². The van der Waals surface area contributed by atoms with E-state index in [2.05, 4.69) is 12.9 Å². The minimum absolute atomic E-state index is 1.04. The van der Waals surface area contributed by atoms with E-state index in [9.17, 15) is 9.26 Å². The largest absolute Gasteiger partial charge is 0.821 e. The van der Waals surface area contributed by atoms with Crippen molar-refractivity contribution in [2.75, 3.05) is 0 Å². The van der Waals surface area contributed by atoms with Gasteiger partial charge in [-0.1, -0.05) is 0 Å². The molecule has 38 valence electrons. The van der Waals surface area contributed by atoms with Crippen LogP contribution in [0.4, 0.5) is 0 Å². The normalized spacial score (nSPS) is 9.14. The van der Waals surface area contributed by atoms with Crippen LogP contribution in [-0.2, 0) is 4.46 Å². The summed E-state index contributed by atoms with van der Waals surface area (Å²) in [4.78, 5) is 9.71. The van der Waals surface area contributed by atoms with Crippen LogP contribution in [0.2, 0.25) is 0 Å². The van der Waals surface area contributed by atoms with Crippen LogP contribution in [0.3, 0.4) is 0 Å². The lowest BCUT2D eigenvalue weighted by Crippen LogP contribution is -1.86. The van der Waals surface area contributed by atoms with Crippen molar-refractivity contribution in [3.05, 3.63) is 10.6 Å². The van der Waals surface area contributed by atoms with E-state index in [1.807, 2.05) is 0 Å². The Morgan fingerprint density at radius 1 is 1.57 bits per heavy atom.